The first kappa shape index (κ1) is 12.9. The van der Waals surface area contributed by atoms with Gasteiger partial charge in [0.15, 0.2) is 0 Å². The van der Waals surface area contributed by atoms with Crippen molar-refractivity contribution >= 4 is 34.7 Å². The Balaban J connectivity index is 1.82. The van der Waals surface area contributed by atoms with E-state index in [1.165, 1.54) is 17.7 Å². The number of carbonyl (C=O) groups is 1. The highest BCUT2D eigenvalue weighted by Gasteiger charge is 2.41. The van der Waals surface area contributed by atoms with Gasteiger partial charge >= 0.3 is 0 Å². The van der Waals surface area contributed by atoms with Crippen LogP contribution in [0.1, 0.15) is 24.6 Å². The van der Waals surface area contributed by atoms with Crippen molar-refractivity contribution in [3.8, 4) is 0 Å². The zero-order valence-corrected chi connectivity index (χ0v) is 11.8. The summed E-state index contributed by atoms with van der Waals surface area (Å²) in [4.78, 5) is 12.2. The lowest BCUT2D eigenvalue weighted by Crippen LogP contribution is -2.25. The Hall–Kier alpha value is -0.520. The summed E-state index contributed by atoms with van der Waals surface area (Å²) in [7, 11) is 0. The zero-order valence-electron chi connectivity index (χ0n) is 10.2. The molecule has 0 radical (unpaired) electrons. The second-order valence-corrected chi connectivity index (χ2v) is 6.70. The van der Waals surface area contributed by atoms with E-state index in [-0.39, 0.29) is 5.91 Å². The number of hydrogen-bond acceptors (Lipinski definition) is 4. The molecular weight excluding hydrogens is 252 g/mol. The lowest BCUT2D eigenvalue weighted by Gasteiger charge is -2.13. The standard InChI is InChI=1S/C12H18N2OS2/c1-9(15)14-10-3-6-17-11(10)7-13-8-12(16-2)4-5-12/h3,6,13H,4-5,7-8H2,1-2H3,(H,14,15). The maximum absolute atomic E-state index is 11.0. The van der Waals surface area contributed by atoms with Crippen molar-refractivity contribution in [1.29, 1.82) is 0 Å². The lowest BCUT2D eigenvalue weighted by molar-refractivity contribution is -0.114. The van der Waals surface area contributed by atoms with Crippen LogP contribution in [-0.2, 0) is 11.3 Å². The molecule has 2 rings (SSSR count). The molecule has 0 spiro atoms. The average Bonchev–Trinajstić information content (AvgIpc) is 2.94. The molecule has 3 nitrogen and oxygen atoms in total. The van der Waals surface area contributed by atoms with Crippen LogP contribution in [0.2, 0.25) is 0 Å². The minimum atomic E-state index is -0.00701. The third kappa shape index (κ3) is 3.47. The van der Waals surface area contributed by atoms with Gasteiger partial charge in [-0.1, -0.05) is 0 Å². The highest BCUT2D eigenvalue weighted by molar-refractivity contribution is 8.00. The topological polar surface area (TPSA) is 41.1 Å². The number of anilines is 1. The third-order valence-electron chi connectivity index (χ3n) is 3.03. The molecule has 17 heavy (non-hydrogen) atoms. The SMILES string of the molecule is CSC1(CNCc2sccc2NC(C)=O)CC1. The first-order valence-electron chi connectivity index (χ1n) is 5.75. The second kappa shape index (κ2) is 5.42. The summed E-state index contributed by atoms with van der Waals surface area (Å²) in [5, 5.41) is 8.37. The molecule has 2 N–H and O–H groups in total. The Morgan fingerprint density at radius 3 is 2.94 bits per heavy atom. The Morgan fingerprint density at radius 1 is 1.59 bits per heavy atom. The highest BCUT2D eigenvalue weighted by Crippen LogP contribution is 2.46. The number of rotatable bonds is 6. The van der Waals surface area contributed by atoms with Gasteiger partial charge in [0.2, 0.25) is 5.91 Å². The van der Waals surface area contributed by atoms with Crippen molar-refractivity contribution < 1.29 is 4.79 Å². The summed E-state index contributed by atoms with van der Waals surface area (Å²) < 4.78 is 0.491. The molecule has 94 valence electrons. The van der Waals surface area contributed by atoms with Gasteiger partial charge in [0.05, 0.1) is 5.69 Å². The van der Waals surface area contributed by atoms with E-state index in [9.17, 15) is 4.79 Å². The van der Waals surface area contributed by atoms with E-state index in [1.54, 1.807) is 18.3 Å². The molecule has 1 aliphatic rings. The van der Waals surface area contributed by atoms with E-state index >= 15 is 0 Å². The zero-order chi connectivity index (χ0) is 12.3. The number of amides is 1. The van der Waals surface area contributed by atoms with Gasteiger partial charge in [-0.05, 0) is 30.5 Å². The number of nitrogens with one attached hydrogen (secondary N) is 2. The summed E-state index contributed by atoms with van der Waals surface area (Å²) >= 11 is 3.65. The van der Waals surface area contributed by atoms with Crippen LogP contribution in [0.3, 0.4) is 0 Å². The molecular formula is C12H18N2OS2. The smallest absolute Gasteiger partial charge is 0.221 e. The molecule has 1 amide bonds. The van der Waals surface area contributed by atoms with E-state index < -0.39 is 0 Å². The molecule has 5 heteroatoms. The Morgan fingerprint density at radius 2 is 2.35 bits per heavy atom. The summed E-state index contributed by atoms with van der Waals surface area (Å²) in [5.74, 6) is -0.00701. The van der Waals surface area contributed by atoms with Crippen molar-refractivity contribution in [3.63, 3.8) is 0 Å². The Kier molecular flexibility index (Phi) is 4.12. The average molecular weight is 270 g/mol. The van der Waals surface area contributed by atoms with Crippen LogP contribution in [0.5, 0.6) is 0 Å². The molecule has 1 aliphatic carbocycles. The third-order valence-corrected chi connectivity index (χ3v) is 5.37. The predicted molar refractivity (Wildman–Crippen MR) is 75.8 cm³/mol. The van der Waals surface area contributed by atoms with Crippen LogP contribution in [0, 0.1) is 0 Å². The molecule has 0 unspecified atom stereocenters. The van der Waals surface area contributed by atoms with Crippen LogP contribution in [-0.4, -0.2) is 23.5 Å². The van der Waals surface area contributed by atoms with Gasteiger partial charge < -0.3 is 10.6 Å². The van der Waals surface area contributed by atoms with Gasteiger partial charge in [-0.15, -0.1) is 11.3 Å². The van der Waals surface area contributed by atoms with Crippen molar-refractivity contribution in [2.24, 2.45) is 0 Å². The van der Waals surface area contributed by atoms with Gasteiger partial charge in [0.1, 0.15) is 0 Å². The molecule has 1 saturated carbocycles. The number of carbonyl (C=O) groups excluding carboxylic acids is 1. The maximum atomic E-state index is 11.0. The molecule has 1 aromatic rings. The van der Waals surface area contributed by atoms with Crippen molar-refractivity contribution in [2.45, 2.75) is 31.1 Å². The van der Waals surface area contributed by atoms with Crippen molar-refractivity contribution in [2.75, 3.05) is 18.1 Å². The summed E-state index contributed by atoms with van der Waals surface area (Å²) in [6.45, 7) is 3.45. The fourth-order valence-corrected chi connectivity index (χ4v) is 3.33. The molecule has 0 aromatic carbocycles. The van der Waals surface area contributed by atoms with E-state index in [0.717, 1.165) is 18.8 Å². The first-order chi connectivity index (χ1) is 8.15. The quantitative estimate of drug-likeness (QED) is 0.835. The Bertz CT molecular complexity index is 399. The first-order valence-corrected chi connectivity index (χ1v) is 7.85. The van der Waals surface area contributed by atoms with Gasteiger partial charge in [0.25, 0.3) is 0 Å². The summed E-state index contributed by atoms with van der Waals surface area (Å²) in [6.07, 6.45) is 4.83. The van der Waals surface area contributed by atoms with Crippen LogP contribution in [0.25, 0.3) is 0 Å². The van der Waals surface area contributed by atoms with Crippen molar-refractivity contribution in [1.82, 2.24) is 5.32 Å². The number of hydrogen-bond donors (Lipinski definition) is 2. The molecule has 1 fully saturated rings. The molecule has 1 heterocycles. The van der Waals surface area contributed by atoms with E-state index in [1.807, 2.05) is 23.2 Å². The molecule has 1 aromatic heterocycles. The fourth-order valence-electron chi connectivity index (χ4n) is 1.77. The second-order valence-electron chi connectivity index (χ2n) is 4.43. The predicted octanol–water partition coefficient (Wildman–Crippen LogP) is 2.69. The minimum absolute atomic E-state index is 0.00701. The summed E-state index contributed by atoms with van der Waals surface area (Å²) in [6, 6.07) is 1.96. The van der Waals surface area contributed by atoms with Crippen LogP contribution < -0.4 is 10.6 Å². The monoisotopic (exact) mass is 270 g/mol. The molecule has 0 aliphatic heterocycles. The normalized spacial score (nSPS) is 16.8. The minimum Gasteiger partial charge on any atom is -0.325 e. The van der Waals surface area contributed by atoms with Gasteiger partial charge in [-0.25, -0.2) is 0 Å². The maximum Gasteiger partial charge on any atom is 0.221 e. The van der Waals surface area contributed by atoms with Crippen molar-refractivity contribution in [3.05, 3.63) is 16.3 Å². The largest absolute Gasteiger partial charge is 0.325 e. The fraction of sp³-hybridized carbons (Fsp3) is 0.583. The molecule has 0 saturated heterocycles. The van der Waals surface area contributed by atoms with Gasteiger partial charge in [0, 0.05) is 29.6 Å². The van der Waals surface area contributed by atoms with E-state index in [0.29, 0.717) is 4.75 Å². The van der Waals surface area contributed by atoms with Crippen LogP contribution in [0.4, 0.5) is 5.69 Å². The van der Waals surface area contributed by atoms with E-state index in [2.05, 4.69) is 16.9 Å². The molecule has 0 bridgehead atoms. The lowest BCUT2D eigenvalue weighted by atomic mass is 10.3. The van der Waals surface area contributed by atoms with Gasteiger partial charge in [-0.2, -0.15) is 11.8 Å². The van der Waals surface area contributed by atoms with Crippen LogP contribution in [0.15, 0.2) is 11.4 Å². The highest BCUT2D eigenvalue weighted by atomic mass is 32.2. The number of thiophene rings is 1. The van der Waals surface area contributed by atoms with Crippen LogP contribution >= 0.6 is 23.1 Å². The summed E-state index contributed by atoms with van der Waals surface area (Å²) in [5.41, 5.74) is 0.948. The molecule has 0 atom stereocenters. The number of thioether (sulfide) groups is 1. The van der Waals surface area contributed by atoms with E-state index in [4.69, 9.17) is 0 Å². The van der Waals surface area contributed by atoms with Gasteiger partial charge in [-0.3, -0.25) is 4.79 Å². The Labute approximate surface area is 110 Å².